The van der Waals surface area contributed by atoms with E-state index >= 15 is 0 Å². The van der Waals surface area contributed by atoms with Gasteiger partial charge in [-0.25, -0.2) is 4.68 Å². The van der Waals surface area contributed by atoms with Crippen molar-refractivity contribution < 1.29 is 9.53 Å². The molecule has 0 radical (unpaired) electrons. The topological polar surface area (TPSA) is 61.2 Å². The summed E-state index contributed by atoms with van der Waals surface area (Å²) in [5.74, 6) is 0. The molecule has 2 heterocycles. The molecule has 1 aromatic heterocycles. The van der Waals surface area contributed by atoms with Crippen molar-refractivity contribution in [1.82, 2.24) is 9.78 Å². The SMILES string of the molecule is C/C(C=O)=C\c1cnn(C2CCCCO2)c(=O)c1. The van der Waals surface area contributed by atoms with Gasteiger partial charge in [0, 0.05) is 18.2 Å². The molecule has 1 aliphatic rings. The third kappa shape index (κ3) is 2.92. The molecule has 0 aromatic carbocycles. The summed E-state index contributed by atoms with van der Waals surface area (Å²) in [6, 6.07) is 1.47. The van der Waals surface area contributed by atoms with Gasteiger partial charge in [0.1, 0.15) is 6.29 Å². The predicted molar refractivity (Wildman–Crippen MR) is 67.1 cm³/mol. The van der Waals surface area contributed by atoms with Crippen LogP contribution in [0.4, 0.5) is 0 Å². The number of allylic oxidation sites excluding steroid dienone is 1. The Hall–Kier alpha value is -1.75. The van der Waals surface area contributed by atoms with Gasteiger partial charge in [-0.05, 0) is 37.8 Å². The monoisotopic (exact) mass is 248 g/mol. The first kappa shape index (κ1) is 12.7. The molecule has 1 saturated heterocycles. The number of hydrogen-bond acceptors (Lipinski definition) is 4. The van der Waals surface area contributed by atoms with Gasteiger partial charge in [-0.15, -0.1) is 0 Å². The summed E-state index contributed by atoms with van der Waals surface area (Å²) < 4.78 is 6.88. The molecule has 1 aromatic rings. The van der Waals surface area contributed by atoms with Crippen LogP contribution in [0.2, 0.25) is 0 Å². The van der Waals surface area contributed by atoms with Gasteiger partial charge in [0.2, 0.25) is 0 Å². The van der Waals surface area contributed by atoms with Crippen molar-refractivity contribution in [3.8, 4) is 0 Å². The third-order valence-electron chi connectivity index (χ3n) is 2.86. The largest absolute Gasteiger partial charge is 0.356 e. The van der Waals surface area contributed by atoms with Crippen LogP contribution in [0.1, 0.15) is 38.0 Å². The van der Waals surface area contributed by atoms with Crippen LogP contribution in [0.15, 0.2) is 22.6 Å². The number of aromatic nitrogens is 2. The predicted octanol–water partition coefficient (Wildman–Crippen LogP) is 1.54. The fourth-order valence-electron chi connectivity index (χ4n) is 1.94. The summed E-state index contributed by atoms with van der Waals surface area (Å²) >= 11 is 0. The lowest BCUT2D eigenvalue weighted by atomic mass is 10.2. The minimum atomic E-state index is -0.253. The highest BCUT2D eigenvalue weighted by Gasteiger charge is 2.17. The number of nitrogens with zero attached hydrogens (tertiary/aromatic N) is 2. The lowest BCUT2D eigenvalue weighted by Gasteiger charge is -2.23. The first-order chi connectivity index (χ1) is 8.70. The second-order valence-electron chi connectivity index (χ2n) is 4.40. The molecule has 0 saturated carbocycles. The highest BCUT2D eigenvalue weighted by Crippen LogP contribution is 2.19. The first-order valence-corrected chi connectivity index (χ1v) is 6.04. The van der Waals surface area contributed by atoms with E-state index in [1.807, 2.05) is 0 Å². The normalized spacial score (nSPS) is 20.7. The van der Waals surface area contributed by atoms with Gasteiger partial charge in [-0.2, -0.15) is 5.10 Å². The van der Waals surface area contributed by atoms with Gasteiger partial charge in [0.25, 0.3) is 5.56 Å². The molecule has 0 bridgehead atoms. The summed E-state index contributed by atoms with van der Waals surface area (Å²) in [5.41, 5.74) is 0.994. The Balaban J connectivity index is 2.24. The molecule has 5 nitrogen and oxygen atoms in total. The average Bonchev–Trinajstić information content (AvgIpc) is 2.40. The summed E-state index contributed by atoms with van der Waals surface area (Å²) in [4.78, 5) is 22.4. The van der Waals surface area contributed by atoms with Crippen molar-refractivity contribution >= 4 is 12.4 Å². The Morgan fingerprint density at radius 3 is 3.00 bits per heavy atom. The van der Waals surface area contributed by atoms with Crippen LogP contribution in [-0.2, 0) is 9.53 Å². The first-order valence-electron chi connectivity index (χ1n) is 6.04. The molecule has 1 fully saturated rings. The van der Waals surface area contributed by atoms with E-state index in [1.165, 1.54) is 10.7 Å². The van der Waals surface area contributed by atoms with Crippen molar-refractivity contribution in [2.45, 2.75) is 32.4 Å². The molecule has 5 heteroatoms. The molecular weight excluding hydrogens is 232 g/mol. The smallest absolute Gasteiger partial charge is 0.269 e. The van der Waals surface area contributed by atoms with E-state index in [9.17, 15) is 9.59 Å². The van der Waals surface area contributed by atoms with Crippen molar-refractivity contribution in [3.05, 3.63) is 33.8 Å². The molecule has 18 heavy (non-hydrogen) atoms. The molecular formula is C13H16N2O3. The van der Waals surface area contributed by atoms with E-state index < -0.39 is 0 Å². The maximum Gasteiger partial charge on any atom is 0.269 e. The lowest BCUT2D eigenvalue weighted by Crippen LogP contribution is -2.30. The fraction of sp³-hybridized carbons (Fsp3) is 0.462. The summed E-state index contributed by atoms with van der Waals surface area (Å²) in [6.07, 6.45) is 6.59. The molecule has 1 unspecified atom stereocenters. The molecule has 1 aliphatic heterocycles. The number of hydrogen-bond donors (Lipinski definition) is 0. The summed E-state index contributed by atoms with van der Waals surface area (Å²) in [6.45, 7) is 2.35. The number of aldehydes is 1. The Morgan fingerprint density at radius 2 is 2.39 bits per heavy atom. The highest BCUT2D eigenvalue weighted by atomic mass is 16.5. The van der Waals surface area contributed by atoms with Crippen LogP contribution in [0.3, 0.4) is 0 Å². The Bertz CT molecular complexity index is 513. The maximum absolute atomic E-state index is 11.9. The van der Waals surface area contributed by atoms with Gasteiger partial charge >= 0.3 is 0 Å². The Labute approximate surface area is 105 Å². The van der Waals surface area contributed by atoms with Crippen LogP contribution < -0.4 is 5.56 Å². The molecule has 0 N–H and O–H groups in total. The van der Waals surface area contributed by atoms with Gasteiger partial charge < -0.3 is 4.74 Å². The van der Waals surface area contributed by atoms with E-state index in [1.54, 1.807) is 19.2 Å². The molecule has 0 spiro atoms. The fourth-order valence-corrected chi connectivity index (χ4v) is 1.94. The van der Waals surface area contributed by atoms with Crippen LogP contribution in [0.25, 0.3) is 6.08 Å². The van der Waals surface area contributed by atoms with E-state index in [0.717, 1.165) is 25.5 Å². The quantitative estimate of drug-likeness (QED) is 0.601. The second-order valence-corrected chi connectivity index (χ2v) is 4.40. The summed E-state index contributed by atoms with van der Waals surface area (Å²) in [5, 5.41) is 4.11. The number of carbonyl (C=O) groups excluding carboxylic acids is 1. The zero-order valence-electron chi connectivity index (χ0n) is 10.3. The molecule has 2 rings (SSSR count). The van der Waals surface area contributed by atoms with Crippen molar-refractivity contribution in [2.24, 2.45) is 0 Å². The lowest BCUT2D eigenvalue weighted by molar-refractivity contribution is -0.104. The van der Waals surface area contributed by atoms with Crippen LogP contribution in [0, 0.1) is 0 Å². The zero-order valence-corrected chi connectivity index (χ0v) is 10.3. The minimum Gasteiger partial charge on any atom is -0.356 e. The van der Waals surface area contributed by atoms with Crippen molar-refractivity contribution in [1.29, 1.82) is 0 Å². The molecule has 0 aliphatic carbocycles. The van der Waals surface area contributed by atoms with E-state index in [-0.39, 0.29) is 11.8 Å². The standard InChI is InChI=1S/C13H16N2O3/c1-10(9-16)6-11-7-12(17)15(14-8-11)13-4-2-3-5-18-13/h6-9,13H,2-5H2,1H3/b10-6+. The third-order valence-corrected chi connectivity index (χ3v) is 2.86. The Morgan fingerprint density at radius 1 is 1.56 bits per heavy atom. The maximum atomic E-state index is 11.9. The summed E-state index contributed by atoms with van der Waals surface area (Å²) in [7, 11) is 0. The van der Waals surface area contributed by atoms with Gasteiger partial charge in [-0.1, -0.05) is 0 Å². The Kier molecular flexibility index (Phi) is 4.04. The highest BCUT2D eigenvalue weighted by molar-refractivity contribution is 5.80. The average molecular weight is 248 g/mol. The van der Waals surface area contributed by atoms with Crippen LogP contribution in [-0.4, -0.2) is 22.7 Å². The molecule has 1 atom stereocenters. The van der Waals surface area contributed by atoms with Crippen LogP contribution in [0.5, 0.6) is 0 Å². The van der Waals surface area contributed by atoms with Gasteiger partial charge in [0.15, 0.2) is 6.23 Å². The zero-order chi connectivity index (χ0) is 13.0. The van der Waals surface area contributed by atoms with Crippen LogP contribution >= 0.6 is 0 Å². The number of rotatable bonds is 3. The molecule has 96 valence electrons. The van der Waals surface area contributed by atoms with Gasteiger partial charge in [-0.3, -0.25) is 9.59 Å². The second kappa shape index (κ2) is 5.73. The van der Waals surface area contributed by atoms with Crippen molar-refractivity contribution in [2.75, 3.05) is 6.61 Å². The molecule has 0 amide bonds. The van der Waals surface area contributed by atoms with E-state index in [0.29, 0.717) is 17.7 Å². The van der Waals surface area contributed by atoms with Crippen molar-refractivity contribution in [3.63, 3.8) is 0 Å². The van der Waals surface area contributed by atoms with Gasteiger partial charge in [0.05, 0.1) is 6.20 Å². The number of carbonyl (C=O) groups is 1. The van der Waals surface area contributed by atoms with E-state index in [2.05, 4.69) is 5.10 Å². The van der Waals surface area contributed by atoms with E-state index in [4.69, 9.17) is 4.74 Å². The minimum absolute atomic E-state index is 0.200. The number of ether oxygens (including phenoxy) is 1.